The van der Waals surface area contributed by atoms with Crippen molar-refractivity contribution in [2.45, 2.75) is 84.5 Å². The van der Waals surface area contributed by atoms with Gasteiger partial charge < -0.3 is 25.2 Å². The van der Waals surface area contributed by atoms with E-state index in [0.29, 0.717) is 25.8 Å². The topological polar surface area (TPSA) is 114 Å². The normalized spacial score (nSPS) is 12.9. The molecule has 0 unspecified atom stereocenters. The van der Waals surface area contributed by atoms with Crippen LogP contribution in [0.3, 0.4) is 0 Å². The number of amides is 2. The van der Waals surface area contributed by atoms with E-state index in [1.165, 1.54) is 0 Å². The van der Waals surface area contributed by atoms with Gasteiger partial charge in [-0.1, -0.05) is 12.8 Å². The Labute approximate surface area is 149 Å². The van der Waals surface area contributed by atoms with E-state index in [-0.39, 0.29) is 0 Å². The number of carboxylic acid groups (broad SMARTS) is 1. The Hall–Kier alpha value is -1.99. The average Bonchev–Trinajstić information content (AvgIpc) is 2.36. The Morgan fingerprint density at radius 1 is 0.880 bits per heavy atom. The van der Waals surface area contributed by atoms with Crippen LogP contribution in [0.5, 0.6) is 0 Å². The molecule has 0 saturated heterocycles. The van der Waals surface area contributed by atoms with E-state index in [1.807, 2.05) is 0 Å². The molecule has 25 heavy (non-hydrogen) atoms. The van der Waals surface area contributed by atoms with E-state index in [0.717, 1.165) is 6.42 Å². The van der Waals surface area contributed by atoms with Gasteiger partial charge in [-0.15, -0.1) is 0 Å². The van der Waals surface area contributed by atoms with E-state index >= 15 is 0 Å². The van der Waals surface area contributed by atoms with Gasteiger partial charge >= 0.3 is 18.2 Å². The molecule has 0 rings (SSSR count). The van der Waals surface area contributed by atoms with E-state index in [4.69, 9.17) is 14.6 Å². The van der Waals surface area contributed by atoms with Gasteiger partial charge in [0.2, 0.25) is 0 Å². The van der Waals surface area contributed by atoms with E-state index < -0.39 is 35.4 Å². The van der Waals surface area contributed by atoms with Gasteiger partial charge in [-0.3, -0.25) is 0 Å². The molecule has 2 amide bonds. The molecule has 0 aromatic carbocycles. The molecule has 0 radical (unpaired) electrons. The van der Waals surface area contributed by atoms with Crippen molar-refractivity contribution in [3.05, 3.63) is 0 Å². The number of carbonyl (C=O) groups excluding carboxylic acids is 2. The van der Waals surface area contributed by atoms with Gasteiger partial charge in [-0.05, 0) is 54.4 Å². The van der Waals surface area contributed by atoms with Crippen LogP contribution in [0, 0.1) is 0 Å². The molecule has 0 aliphatic heterocycles. The maximum atomic E-state index is 11.6. The maximum absolute atomic E-state index is 11.6. The minimum Gasteiger partial charge on any atom is -0.480 e. The monoisotopic (exact) mass is 360 g/mol. The largest absolute Gasteiger partial charge is 0.480 e. The van der Waals surface area contributed by atoms with Crippen LogP contribution in [-0.4, -0.2) is 47.1 Å². The van der Waals surface area contributed by atoms with Crippen molar-refractivity contribution in [3.63, 3.8) is 0 Å². The first-order valence-electron chi connectivity index (χ1n) is 8.49. The summed E-state index contributed by atoms with van der Waals surface area (Å²) in [6.07, 6.45) is 1.09. The number of hydrogen-bond donors (Lipinski definition) is 3. The van der Waals surface area contributed by atoms with Crippen molar-refractivity contribution in [3.8, 4) is 0 Å². The lowest BCUT2D eigenvalue weighted by Crippen LogP contribution is -2.43. The number of aliphatic carboxylic acids is 1. The van der Waals surface area contributed by atoms with Crippen LogP contribution in [0.25, 0.3) is 0 Å². The lowest BCUT2D eigenvalue weighted by atomic mass is 10.1. The van der Waals surface area contributed by atoms with Crippen molar-refractivity contribution in [2.24, 2.45) is 0 Å². The van der Waals surface area contributed by atoms with Crippen LogP contribution in [0.1, 0.15) is 67.2 Å². The number of ether oxygens (including phenoxy) is 2. The molecule has 8 nitrogen and oxygen atoms in total. The number of rotatable bonds is 8. The molecule has 0 fully saturated rings. The highest BCUT2D eigenvalue weighted by atomic mass is 16.6. The quantitative estimate of drug-likeness (QED) is 0.573. The summed E-state index contributed by atoms with van der Waals surface area (Å²) < 4.78 is 10.2. The van der Waals surface area contributed by atoms with Gasteiger partial charge in [0.15, 0.2) is 0 Å². The Morgan fingerprint density at radius 3 is 1.88 bits per heavy atom. The second-order valence-electron chi connectivity index (χ2n) is 7.82. The van der Waals surface area contributed by atoms with E-state index in [9.17, 15) is 14.4 Å². The van der Waals surface area contributed by atoms with Crippen molar-refractivity contribution >= 4 is 18.2 Å². The molecular weight excluding hydrogens is 328 g/mol. The summed E-state index contributed by atoms with van der Waals surface area (Å²) >= 11 is 0. The first-order chi connectivity index (χ1) is 11.3. The van der Waals surface area contributed by atoms with Crippen molar-refractivity contribution < 1.29 is 29.0 Å². The number of hydrogen-bond acceptors (Lipinski definition) is 5. The third-order valence-electron chi connectivity index (χ3n) is 2.83. The number of nitrogens with one attached hydrogen (secondary N) is 2. The third-order valence-corrected chi connectivity index (χ3v) is 2.83. The minimum atomic E-state index is -1.10. The summed E-state index contributed by atoms with van der Waals surface area (Å²) in [5, 5.41) is 14.2. The first kappa shape index (κ1) is 23.0. The fraction of sp³-hybridized carbons (Fsp3) is 0.824. The molecule has 0 aliphatic rings. The van der Waals surface area contributed by atoms with E-state index in [2.05, 4.69) is 10.6 Å². The van der Waals surface area contributed by atoms with Crippen LogP contribution in [0.15, 0.2) is 0 Å². The standard InChI is InChI=1S/C17H32N2O6/c1-16(2,3)24-14(22)18-11-9-7-8-10-12(13(20)21)19-15(23)25-17(4,5)6/h12H,7-11H2,1-6H3,(H,18,22)(H,19,23)(H,20,21)/t12-/m0/s1. The molecule has 0 spiro atoms. The molecule has 3 N–H and O–H groups in total. The van der Waals surface area contributed by atoms with Crippen molar-refractivity contribution in [1.82, 2.24) is 10.6 Å². The van der Waals surface area contributed by atoms with Crippen molar-refractivity contribution in [1.29, 1.82) is 0 Å². The first-order valence-corrected chi connectivity index (χ1v) is 8.49. The van der Waals surface area contributed by atoms with Gasteiger partial charge in [0.1, 0.15) is 17.2 Å². The second kappa shape index (κ2) is 10.1. The Kier molecular flexibility index (Phi) is 9.30. The van der Waals surface area contributed by atoms with Gasteiger partial charge in [-0.25, -0.2) is 14.4 Å². The lowest BCUT2D eigenvalue weighted by molar-refractivity contribution is -0.139. The zero-order valence-corrected chi connectivity index (χ0v) is 16.1. The molecule has 0 heterocycles. The molecule has 0 saturated carbocycles. The van der Waals surface area contributed by atoms with Gasteiger partial charge in [0.25, 0.3) is 0 Å². The number of unbranched alkanes of at least 4 members (excludes halogenated alkanes) is 2. The maximum Gasteiger partial charge on any atom is 0.408 e. The summed E-state index contributed by atoms with van der Waals surface area (Å²) in [6, 6.07) is -0.992. The van der Waals surface area contributed by atoms with Crippen LogP contribution < -0.4 is 10.6 Å². The molecule has 146 valence electrons. The predicted octanol–water partition coefficient (Wildman–Crippen LogP) is 3.05. The zero-order valence-electron chi connectivity index (χ0n) is 16.1. The SMILES string of the molecule is CC(C)(C)OC(=O)NCCCCC[C@H](NC(=O)OC(C)(C)C)C(=O)O. The highest BCUT2D eigenvalue weighted by Crippen LogP contribution is 2.09. The summed E-state index contributed by atoms with van der Waals surface area (Å²) in [7, 11) is 0. The fourth-order valence-corrected chi connectivity index (χ4v) is 1.86. The molecule has 8 heteroatoms. The van der Waals surface area contributed by atoms with Gasteiger partial charge in [0.05, 0.1) is 0 Å². The Bertz CT molecular complexity index is 451. The molecular formula is C17H32N2O6. The highest BCUT2D eigenvalue weighted by Gasteiger charge is 2.23. The molecule has 0 bridgehead atoms. The van der Waals surface area contributed by atoms with Gasteiger partial charge in [0, 0.05) is 6.54 Å². The van der Waals surface area contributed by atoms with Crippen LogP contribution in [0.2, 0.25) is 0 Å². The predicted molar refractivity (Wildman–Crippen MR) is 93.5 cm³/mol. The number of carbonyl (C=O) groups is 3. The number of carboxylic acids is 1. The van der Waals surface area contributed by atoms with Crippen LogP contribution >= 0.6 is 0 Å². The minimum absolute atomic E-state index is 0.293. The van der Waals surface area contributed by atoms with Gasteiger partial charge in [-0.2, -0.15) is 0 Å². The number of alkyl carbamates (subject to hydrolysis) is 2. The highest BCUT2D eigenvalue weighted by molar-refractivity contribution is 5.79. The molecule has 0 aliphatic carbocycles. The van der Waals surface area contributed by atoms with Crippen molar-refractivity contribution in [2.75, 3.05) is 6.54 Å². The Morgan fingerprint density at radius 2 is 1.40 bits per heavy atom. The third kappa shape index (κ3) is 14.1. The summed E-state index contributed by atoms with van der Waals surface area (Å²) in [6.45, 7) is 10.9. The second-order valence-corrected chi connectivity index (χ2v) is 7.82. The van der Waals surface area contributed by atoms with Crippen LogP contribution in [0.4, 0.5) is 9.59 Å². The summed E-state index contributed by atoms with van der Waals surface area (Å²) in [5.74, 6) is -1.10. The fourth-order valence-electron chi connectivity index (χ4n) is 1.86. The van der Waals surface area contributed by atoms with Crippen LogP contribution in [-0.2, 0) is 14.3 Å². The summed E-state index contributed by atoms with van der Waals surface area (Å²) in [5.41, 5.74) is -1.22. The molecule has 0 aromatic heterocycles. The zero-order chi connectivity index (χ0) is 19.7. The lowest BCUT2D eigenvalue weighted by Gasteiger charge is -2.22. The smallest absolute Gasteiger partial charge is 0.408 e. The average molecular weight is 360 g/mol. The molecule has 1 atom stereocenters. The summed E-state index contributed by atoms with van der Waals surface area (Å²) in [4.78, 5) is 34.3. The molecule has 0 aromatic rings. The van der Waals surface area contributed by atoms with E-state index in [1.54, 1.807) is 41.5 Å². The Balaban J connectivity index is 4.00.